The average Bonchev–Trinajstić information content (AvgIpc) is 2.94. The Morgan fingerprint density at radius 1 is 1.03 bits per heavy atom. The van der Waals surface area contributed by atoms with Gasteiger partial charge in [-0.05, 0) is 72.7 Å². The second-order valence-electron chi connectivity index (χ2n) is 9.63. The Bertz CT molecular complexity index is 1250. The van der Waals surface area contributed by atoms with Crippen LogP contribution in [0.25, 0.3) is 22.2 Å². The number of benzene rings is 2. The summed E-state index contributed by atoms with van der Waals surface area (Å²) < 4.78 is 17.9. The van der Waals surface area contributed by atoms with Gasteiger partial charge in [0, 0.05) is 11.1 Å². The van der Waals surface area contributed by atoms with Crippen molar-refractivity contribution in [3.63, 3.8) is 0 Å². The number of ether oxygens (including phenoxy) is 3. The van der Waals surface area contributed by atoms with E-state index in [-0.39, 0.29) is 6.61 Å². The zero-order chi connectivity index (χ0) is 28.2. The lowest BCUT2D eigenvalue weighted by Gasteiger charge is -2.18. The lowest BCUT2D eigenvalue weighted by atomic mass is 9.95. The quantitative estimate of drug-likeness (QED) is 0.168. The van der Waals surface area contributed by atoms with E-state index < -0.39 is 0 Å². The molecule has 38 heavy (non-hydrogen) atoms. The molecule has 2 atom stereocenters. The molecule has 2 unspecified atom stereocenters. The van der Waals surface area contributed by atoms with Gasteiger partial charge in [0.05, 0.1) is 45.1 Å². The standard InChI is InChI=1S/C32H40N2O4/c1-9-21(4)19-37-31-12-23(6)30(36-8)15-25(31)14-29(34-7)27-16-32(38-20-22(5)10-2)28(13-26(27)18-35)24(11-3)17-33/h11-16,21-22,35H,9-10,18-20H2,1-6,8H3/b24-11+,29-14-. The van der Waals surface area contributed by atoms with Crippen LogP contribution in [0.3, 0.4) is 0 Å². The van der Waals surface area contributed by atoms with E-state index in [1.165, 1.54) is 0 Å². The molecule has 1 N–H and O–H groups in total. The minimum Gasteiger partial charge on any atom is -0.496 e. The van der Waals surface area contributed by atoms with Crippen LogP contribution in [0.15, 0.2) is 30.3 Å². The highest BCUT2D eigenvalue weighted by molar-refractivity contribution is 5.90. The molecular formula is C32H40N2O4. The fraction of sp³-hybridized carbons (Fsp3) is 0.438. The molecule has 6 heteroatoms. The van der Waals surface area contributed by atoms with Gasteiger partial charge >= 0.3 is 0 Å². The van der Waals surface area contributed by atoms with E-state index in [0.717, 1.165) is 18.4 Å². The zero-order valence-electron chi connectivity index (χ0n) is 23.7. The van der Waals surface area contributed by atoms with Gasteiger partial charge in [-0.15, -0.1) is 0 Å². The van der Waals surface area contributed by atoms with E-state index in [9.17, 15) is 10.4 Å². The smallest absolute Gasteiger partial charge is 0.195 e. The normalized spacial score (nSPS) is 13.3. The van der Waals surface area contributed by atoms with Crippen molar-refractivity contribution in [2.24, 2.45) is 11.8 Å². The molecule has 0 saturated heterocycles. The molecule has 2 aromatic carbocycles. The summed E-state index contributed by atoms with van der Waals surface area (Å²) in [6.07, 6.45) is 5.43. The molecule has 0 aliphatic heterocycles. The molecule has 0 bridgehead atoms. The Morgan fingerprint density at radius 2 is 1.66 bits per heavy atom. The molecule has 0 spiro atoms. The van der Waals surface area contributed by atoms with Crippen LogP contribution in [0.4, 0.5) is 0 Å². The van der Waals surface area contributed by atoms with E-state index in [0.29, 0.717) is 75.8 Å². The number of aliphatic hydroxyl groups excluding tert-OH is 1. The molecule has 2 rings (SSSR count). The summed E-state index contributed by atoms with van der Waals surface area (Å²) in [4.78, 5) is 3.83. The van der Waals surface area contributed by atoms with Gasteiger partial charge in [-0.25, -0.2) is 4.85 Å². The Balaban J connectivity index is 2.73. The number of hydrogen-bond donors (Lipinski definition) is 1. The Hall–Kier alpha value is -3.74. The highest BCUT2D eigenvalue weighted by atomic mass is 16.5. The first-order chi connectivity index (χ1) is 18.3. The minimum atomic E-state index is -0.294. The van der Waals surface area contributed by atoms with Crippen LogP contribution in [-0.2, 0) is 6.61 Å². The van der Waals surface area contributed by atoms with Gasteiger partial charge in [-0.3, -0.25) is 0 Å². The van der Waals surface area contributed by atoms with Crippen molar-refractivity contribution in [3.05, 3.63) is 69.6 Å². The molecule has 202 valence electrons. The van der Waals surface area contributed by atoms with E-state index in [2.05, 4.69) is 38.6 Å². The lowest BCUT2D eigenvalue weighted by Crippen LogP contribution is -2.09. The predicted molar refractivity (Wildman–Crippen MR) is 154 cm³/mol. The summed E-state index contributed by atoms with van der Waals surface area (Å²) in [5.74, 6) is 2.58. The van der Waals surface area contributed by atoms with Gasteiger partial charge in [0.1, 0.15) is 17.2 Å². The topological polar surface area (TPSA) is 76.1 Å². The fourth-order valence-electron chi connectivity index (χ4n) is 3.76. The maximum absolute atomic E-state index is 10.3. The van der Waals surface area contributed by atoms with Crippen molar-refractivity contribution in [2.75, 3.05) is 20.3 Å². The van der Waals surface area contributed by atoms with Crippen LogP contribution in [0.5, 0.6) is 17.2 Å². The number of methoxy groups -OCH3 is 1. The van der Waals surface area contributed by atoms with Crippen LogP contribution in [0.1, 0.15) is 75.3 Å². The van der Waals surface area contributed by atoms with Crippen molar-refractivity contribution >= 4 is 17.3 Å². The molecule has 0 fully saturated rings. The van der Waals surface area contributed by atoms with Gasteiger partial charge in [0.15, 0.2) is 5.70 Å². The van der Waals surface area contributed by atoms with Crippen LogP contribution in [0, 0.1) is 36.7 Å². The second-order valence-corrected chi connectivity index (χ2v) is 9.63. The fourth-order valence-corrected chi connectivity index (χ4v) is 3.76. The summed E-state index contributed by atoms with van der Waals surface area (Å²) >= 11 is 0. The van der Waals surface area contributed by atoms with Crippen LogP contribution >= 0.6 is 0 Å². The number of nitrogens with zero attached hydrogens (tertiary/aromatic N) is 2. The number of rotatable bonds is 13. The highest BCUT2D eigenvalue weighted by Crippen LogP contribution is 2.37. The summed E-state index contributed by atoms with van der Waals surface area (Å²) in [7, 11) is 1.61. The maximum Gasteiger partial charge on any atom is 0.195 e. The number of hydrogen-bond acceptors (Lipinski definition) is 5. The van der Waals surface area contributed by atoms with Crippen LogP contribution in [0.2, 0.25) is 0 Å². The van der Waals surface area contributed by atoms with Crippen molar-refractivity contribution in [2.45, 2.75) is 61.0 Å². The van der Waals surface area contributed by atoms with E-state index in [1.54, 1.807) is 38.3 Å². The van der Waals surface area contributed by atoms with Crippen molar-refractivity contribution in [1.29, 1.82) is 5.26 Å². The minimum absolute atomic E-state index is 0.294. The largest absolute Gasteiger partial charge is 0.496 e. The summed E-state index contributed by atoms with van der Waals surface area (Å²) in [5, 5.41) is 20.0. The molecule has 0 radical (unpaired) electrons. The molecule has 0 aliphatic carbocycles. The van der Waals surface area contributed by atoms with E-state index in [1.807, 2.05) is 19.1 Å². The first kappa shape index (κ1) is 30.5. The van der Waals surface area contributed by atoms with Gasteiger partial charge in [-0.1, -0.05) is 46.6 Å². The van der Waals surface area contributed by atoms with Gasteiger partial charge < -0.3 is 19.3 Å². The SMILES string of the molecule is [C-]#[N+]/C(=C\c1cc(OC)c(C)cc1OCC(C)CC)c1cc(OCC(C)CC)c(/C(C#N)=C/C)cc1CO. The number of aliphatic hydroxyl groups is 1. The molecular weight excluding hydrogens is 476 g/mol. The molecule has 0 aliphatic rings. The van der Waals surface area contributed by atoms with Crippen LogP contribution < -0.4 is 14.2 Å². The summed E-state index contributed by atoms with van der Waals surface area (Å²) in [6.45, 7) is 20.9. The predicted octanol–water partition coefficient (Wildman–Crippen LogP) is 7.69. The molecule has 0 saturated carbocycles. The first-order valence-corrected chi connectivity index (χ1v) is 13.1. The number of allylic oxidation sites excluding steroid dienone is 2. The van der Waals surface area contributed by atoms with Gasteiger partial charge in [0.2, 0.25) is 0 Å². The second kappa shape index (κ2) is 14.9. The number of nitriles is 1. The Labute approximate surface area is 228 Å². The lowest BCUT2D eigenvalue weighted by molar-refractivity contribution is 0.255. The average molecular weight is 517 g/mol. The van der Waals surface area contributed by atoms with Gasteiger partial charge in [0.25, 0.3) is 0 Å². The van der Waals surface area contributed by atoms with Crippen LogP contribution in [-0.4, -0.2) is 25.4 Å². The summed E-state index contributed by atoms with van der Waals surface area (Å²) in [5.41, 5.74) is 4.10. The third kappa shape index (κ3) is 7.63. The maximum atomic E-state index is 10.3. The molecule has 0 amide bonds. The molecule has 6 nitrogen and oxygen atoms in total. The van der Waals surface area contributed by atoms with Gasteiger partial charge in [-0.2, -0.15) is 5.26 Å². The zero-order valence-corrected chi connectivity index (χ0v) is 23.7. The van der Waals surface area contributed by atoms with Crippen molar-refractivity contribution in [3.8, 4) is 23.3 Å². The number of aryl methyl sites for hydroxylation is 1. The Kier molecular flexibility index (Phi) is 11.9. The molecule has 2 aromatic rings. The van der Waals surface area contributed by atoms with E-state index >= 15 is 0 Å². The van der Waals surface area contributed by atoms with Crippen molar-refractivity contribution in [1.82, 2.24) is 0 Å². The third-order valence-electron chi connectivity index (χ3n) is 6.73. The van der Waals surface area contributed by atoms with Crippen molar-refractivity contribution < 1.29 is 19.3 Å². The summed E-state index contributed by atoms with van der Waals surface area (Å²) in [6, 6.07) is 9.51. The highest BCUT2D eigenvalue weighted by Gasteiger charge is 2.19. The first-order valence-electron chi connectivity index (χ1n) is 13.1. The monoisotopic (exact) mass is 516 g/mol. The van der Waals surface area contributed by atoms with E-state index in [4.69, 9.17) is 20.8 Å². The molecule has 0 heterocycles. The Morgan fingerprint density at radius 3 is 2.16 bits per heavy atom. The third-order valence-corrected chi connectivity index (χ3v) is 6.73. The molecule has 0 aromatic heterocycles.